The van der Waals surface area contributed by atoms with Gasteiger partial charge in [0.25, 0.3) is 0 Å². The fraction of sp³-hybridized carbons (Fsp3) is 0.250. The molecular formula is C20H19Cl2FN6O2. The number of hydrogen-bond acceptors (Lipinski definition) is 5. The molecule has 0 bridgehead atoms. The molecule has 1 atom stereocenters. The molecular weight excluding hydrogens is 446 g/mol. The number of carbonyl (C=O) groups excluding carboxylic acids is 2. The summed E-state index contributed by atoms with van der Waals surface area (Å²) < 4.78 is 14.6. The summed E-state index contributed by atoms with van der Waals surface area (Å²) >= 11 is 11.8. The Labute approximate surface area is 187 Å². The van der Waals surface area contributed by atoms with Crippen LogP contribution in [0.15, 0.2) is 42.5 Å². The summed E-state index contributed by atoms with van der Waals surface area (Å²) in [4.78, 5) is 26.9. The molecule has 3 rings (SSSR count). The molecule has 0 spiro atoms. The van der Waals surface area contributed by atoms with Gasteiger partial charge in [-0.1, -0.05) is 35.3 Å². The zero-order valence-corrected chi connectivity index (χ0v) is 18.2. The van der Waals surface area contributed by atoms with E-state index in [4.69, 9.17) is 23.2 Å². The molecule has 1 aromatic heterocycles. The molecule has 0 saturated heterocycles. The van der Waals surface area contributed by atoms with Crippen molar-refractivity contribution < 1.29 is 14.0 Å². The van der Waals surface area contributed by atoms with Crippen LogP contribution in [0.3, 0.4) is 0 Å². The number of halogens is 3. The lowest BCUT2D eigenvalue weighted by molar-refractivity contribution is -0.136. The highest BCUT2D eigenvalue weighted by molar-refractivity contribution is 6.42. The quantitative estimate of drug-likeness (QED) is 0.578. The zero-order valence-electron chi connectivity index (χ0n) is 16.7. The Hall–Kier alpha value is -3.04. The molecule has 8 nitrogen and oxygen atoms in total. The fourth-order valence-electron chi connectivity index (χ4n) is 2.97. The van der Waals surface area contributed by atoms with Crippen molar-refractivity contribution in [1.29, 1.82) is 0 Å². The van der Waals surface area contributed by atoms with E-state index in [0.717, 1.165) is 5.56 Å². The van der Waals surface area contributed by atoms with E-state index in [1.807, 2.05) is 0 Å². The molecule has 0 radical (unpaired) electrons. The number of tetrazole rings is 1. The molecule has 162 valence electrons. The third-order valence-electron chi connectivity index (χ3n) is 4.54. The molecule has 11 heteroatoms. The van der Waals surface area contributed by atoms with Gasteiger partial charge in [-0.15, -0.1) is 5.10 Å². The van der Waals surface area contributed by atoms with Crippen molar-refractivity contribution >= 4 is 40.7 Å². The lowest BCUT2D eigenvalue weighted by Gasteiger charge is -2.24. The largest absolute Gasteiger partial charge is 0.335 e. The fourth-order valence-corrected chi connectivity index (χ4v) is 3.27. The number of likely N-dealkylation sites (N-methyl/N-ethyl adjacent to an activating group) is 1. The highest BCUT2D eigenvalue weighted by Gasteiger charge is 2.28. The summed E-state index contributed by atoms with van der Waals surface area (Å²) in [6.07, 6.45) is 0.226. The van der Waals surface area contributed by atoms with E-state index in [9.17, 15) is 14.0 Å². The van der Waals surface area contributed by atoms with Gasteiger partial charge in [0.1, 0.15) is 17.7 Å². The Morgan fingerprint density at radius 1 is 1.16 bits per heavy atom. The van der Waals surface area contributed by atoms with Crippen molar-refractivity contribution in [3.05, 3.63) is 69.7 Å². The van der Waals surface area contributed by atoms with Crippen LogP contribution in [0.2, 0.25) is 10.0 Å². The van der Waals surface area contributed by atoms with Gasteiger partial charge in [0.05, 0.1) is 16.6 Å². The van der Waals surface area contributed by atoms with Crippen LogP contribution in [0.5, 0.6) is 0 Å². The third-order valence-corrected chi connectivity index (χ3v) is 5.28. The van der Waals surface area contributed by atoms with Crippen molar-refractivity contribution in [2.24, 2.45) is 0 Å². The first-order valence-electron chi connectivity index (χ1n) is 9.23. The lowest BCUT2D eigenvalue weighted by atomic mass is 10.0. The molecule has 0 fully saturated rings. The van der Waals surface area contributed by atoms with Crippen LogP contribution < -0.4 is 5.32 Å². The van der Waals surface area contributed by atoms with E-state index in [0.29, 0.717) is 21.6 Å². The predicted octanol–water partition coefficient (Wildman–Crippen LogP) is 3.31. The number of amides is 2. The maximum Gasteiger partial charge on any atom is 0.248 e. The van der Waals surface area contributed by atoms with Crippen molar-refractivity contribution in [2.75, 3.05) is 18.9 Å². The van der Waals surface area contributed by atoms with Crippen molar-refractivity contribution in [2.45, 2.75) is 19.4 Å². The van der Waals surface area contributed by atoms with Crippen LogP contribution in [0.25, 0.3) is 0 Å². The second-order valence-corrected chi connectivity index (χ2v) is 7.70. The van der Waals surface area contributed by atoms with Crippen LogP contribution in [0.1, 0.15) is 17.4 Å². The number of nitrogens with one attached hydrogen (secondary N) is 1. The monoisotopic (exact) mass is 464 g/mol. The summed E-state index contributed by atoms with van der Waals surface area (Å²) in [5.74, 6) is -0.720. The third kappa shape index (κ3) is 5.77. The first-order chi connectivity index (χ1) is 14.7. The van der Waals surface area contributed by atoms with Crippen molar-refractivity contribution in [1.82, 2.24) is 25.1 Å². The van der Waals surface area contributed by atoms with Gasteiger partial charge >= 0.3 is 0 Å². The van der Waals surface area contributed by atoms with Crippen molar-refractivity contribution in [3.63, 3.8) is 0 Å². The normalized spacial score (nSPS) is 11.8. The molecule has 0 aliphatic rings. The number of rotatable bonds is 7. The van der Waals surface area contributed by atoms with Crippen LogP contribution in [0, 0.1) is 12.7 Å². The number of aromatic nitrogens is 4. The smallest absolute Gasteiger partial charge is 0.248 e. The number of benzene rings is 2. The Kier molecular flexibility index (Phi) is 7.19. The zero-order chi connectivity index (χ0) is 22.5. The van der Waals surface area contributed by atoms with Crippen molar-refractivity contribution in [3.8, 4) is 0 Å². The van der Waals surface area contributed by atoms with Crippen LogP contribution in [-0.2, 0) is 16.0 Å². The molecule has 3 aromatic rings. The highest BCUT2D eigenvalue weighted by Crippen LogP contribution is 2.25. The van der Waals surface area contributed by atoms with Gasteiger partial charge < -0.3 is 10.2 Å². The average Bonchev–Trinajstić information content (AvgIpc) is 3.15. The molecule has 1 N–H and O–H groups in total. The van der Waals surface area contributed by atoms with Crippen LogP contribution in [0.4, 0.5) is 10.1 Å². The number of carbonyl (C=O) groups is 2. The summed E-state index contributed by atoms with van der Waals surface area (Å²) in [5.41, 5.74) is 1.18. The highest BCUT2D eigenvalue weighted by atomic mass is 35.5. The van der Waals surface area contributed by atoms with Gasteiger partial charge in [-0.2, -0.15) is 0 Å². The van der Waals surface area contributed by atoms with Gasteiger partial charge in [-0.05, 0) is 53.2 Å². The molecule has 0 aliphatic carbocycles. The van der Waals surface area contributed by atoms with Gasteiger partial charge in [0, 0.05) is 19.2 Å². The first kappa shape index (κ1) is 22.6. The Morgan fingerprint density at radius 3 is 2.48 bits per heavy atom. The topological polar surface area (TPSA) is 93.0 Å². The molecule has 31 heavy (non-hydrogen) atoms. The van der Waals surface area contributed by atoms with E-state index in [1.165, 1.54) is 34.8 Å². The maximum absolute atomic E-state index is 13.2. The molecule has 1 heterocycles. The molecule has 0 saturated carbocycles. The van der Waals surface area contributed by atoms with E-state index in [-0.39, 0.29) is 24.7 Å². The molecule has 2 aromatic carbocycles. The Balaban J connectivity index is 1.73. The summed E-state index contributed by atoms with van der Waals surface area (Å²) in [5, 5.41) is 14.7. The van der Waals surface area contributed by atoms with Gasteiger partial charge in [0.15, 0.2) is 0 Å². The van der Waals surface area contributed by atoms with E-state index in [1.54, 1.807) is 31.2 Å². The van der Waals surface area contributed by atoms with Crippen LogP contribution >= 0.6 is 23.2 Å². The van der Waals surface area contributed by atoms with Gasteiger partial charge in [0.2, 0.25) is 11.8 Å². The number of nitrogens with zero attached hydrogens (tertiary/aromatic N) is 5. The second kappa shape index (κ2) is 9.84. The van der Waals surface area contributed by atoms with E-state index < -0.39 is 11.9 Å². The summed E-state index contributed by atoms with van der Waals surface area (Å²) in [7, 11) is 1.51. The second-order valence-electron chi connectivity index (χ2n) is 6.89. The average molecular weight is 465 g/mol. The summed E-state index contributed by atoms with van der Waals surface area (Å²) in [6.45, 7) is 1.46. The van der Waals surface area contributed by atoms with Crippen LogP contribution in [-0.4, -0.2) is 50.5 Å². The Bertz CT molecular complexity index is 1090. The standard InChI is InChI=1S/C20H19Cl2FN6O2/c1-12-25-26-27-29(12)18(9-13-3-5-14(23)6-4-13)20(31)28(2)11-19(30)24-15-7-8-16(21)17(22)10-15/h3-8,10,18H,9,11H2,1-2H3,(H,24,30). The van der Waals surface area contributed by atoms with Gasteiger partial charge in [-0.3, -0.25) is 9.59 Å². The van der Waals surface area contributed by atoms with Gasteiger partial charge in [-0.25, -0.2) is 9.07 Å². The summed E-state index contributed by atoms with van der Waals surface area (Å²) in [6, 6.07) is 9.70. The minimum absolute atomic E-state index is 0.208. The Morgan fingerprint density at radius 2 is 1.87 bits per heavy atom. The van der Waals surface area contributed by atoms with E-state index >= 15 is 0 Å². The first-order valence-corrected chi connectivity index (χ1v) is 9.99. The molecule has 0 aliphatic heterocycles. The number of anilines is 1. The molecule has 2 amide bonds. The predicted molar refractivity (Wildman–Crippen MR) is 114 cm³/mol. The van der Waals surface area contributed by atoms with E-state index in [2.05, 4.69) is 20.8 Å². The minimum atomic E-state index is -0.803. The maximum atomic E-state index is 13.2. The number of aryl methyl sites for hydroxylation is 1. The SMILES string of the molecule is Cc1nnnn1C(Cc1ccc(F)cc1)C(=O)N(C)CC(=O)Nc1ccc(Cl)c(Cl)c1. The number of hydrogen-bond donors (Lipinski definition) is 1. The molecule has 1 unspecified atom stereocenters. The minimum Gasteiger partial charge on any atom is -0.335 e. The lowest BCUT2D eigenvalue weighted by Crippen LogP contribution is -2.40.